The Morgan fingerprint density at radius 3 is 2.48 bits per heavy atom. The number of carboxylic acid groups (broad SMARTS) is 1. The summed E-state index contributed by atoms with van der Waals surface area (Å²) >= 11 is 5.87. The third-order valence-electron chi connectivity index (χ3n) is 8.19. The van der Waals surface area contributed by atoms with Crippen LogP contribution in [0.3, 0.4) is 0 Å². The lowest BCUT2D eigenvalue weighted by molar-refractivity contribution is 0.0694. The summed E-state index contributed by atoms with van der Waals surface area (Å²) in [5.74, 6) is -1.38. The molecule has 0 unspecified atom stereocenters. The topological polar surface area (TPSA) is 101 Å². The summed E-state index contributed by atoms with van der Waals surface area (Å²) in [6, 6.07) is 15.6. The fourth-order valence-corrected chi connectivity index (χ4v) is 6.07. The molecular formula is C31H27F2N7O3S. The minimum absolute atomic E-state index is 0.0725. The maximum absolute atomic E-state index is 15.4. The SMILES string of the molecule is O=C(O)c1cn([C@@H]2C[C@@H]2F)c2cc(N3CCN(Cn4nc(-c5cccnc5)n(-c5ccccc5)c4=S)CC3)c(F)cc2c1=O. The number of hydrogen-bond donors (Lipinski definition) is 1. The Bertz CT molecular complexity index is 2000. The number of pyridine rings is 2. The molecule has 224 valence electrons. The predicted octanol–water partition coefficient (Wildman–Crippen LogP) is 4.68. The molecule has 0 spiro atoms. The minimum Gasteiger partial charge on any atom is -0.477 e. The largest absolute Gasteiger partial charge is 0.477 e. The molecule has 0 amide bonds. The predicted molar refractivity (Wildman–Crippen MR) is 163 cm³/mol. The van der Waals surface area contributed by atoms with E-state index in [0.29, 0.717) is 49.0 Å². The van der Waals surface area contributed by atoms with E-state index in [1.807, 2.05) is 51.9 Å². The van der Waals surface area contributed by atoms with Crippen LogP contribution < -0.4 is 10.3 Å². The van der Waals surface area contributed by atoms with Gasteiger partial charge in [0.25, 0.3) is 0 Å². The monoisotopic (exact) mass is 615 g/mol. The van der Waals surface area contributed by atoms with E-state index in [4.69, 9.17) is 17.3 Å². The second kappa shape index (κ2) is 11.1. The number of benzene rings is 2. The van der Waals surface area contributed by atoms with Gasteiger partial charge in [-0.1, -0.05) is 18.2 Å². The lowest BCUT2D eigenvalue weighted by Gasteiger charge is -2.36. The van der Waals surface area contributed by atoms with Crippen molar-refractivity contribution in [3.63, 3.8) is 0 Å². The Balaban J connectivity index is 1.15. The molecule has 44 heavy (non-hydrogen) atoms. The molecule has 0 bridgehead atoms. The number of halogens is 2. The van der Waals surface area contributed by atoms with Gasteiger partial charge in [-0.25, -0.2) is 18.3 Å². The highest BCUT2D eigenvalue weighted by Gasteiger charge is 2.40. The molecule has 4 heterocycles. The van der Waals surface area contributed by atoms with E-state index in [0.717, 1.165) is 17.3 Å². The van der Waals surface area contributed by atoms with Gasteiger partial charge in [0.1, 0.15) is 17.6 Å². The first-order valence-electron chi connectivity index (χ1n) is 14.2. The van der Waals surface area contributed by atoms with Crippen LogP contribution in [0.25, 0.3) is 28.0 Å². The van der Waals surface area contributed by atoms with Crippen molar-refractivity contribution >= 4 is 34.8 Å². The molecule has 13 heteroatoms. The van der Waals surface area contributed by atoms with E-state index in [1.165, 1.54) is 16.8 Å². The standard InChI is InChI=1S/C31H27F2N7O3S/c32-23-13-21-25(38(27-14-24(27)33)17-22(28(21)41)30(42)43)15-26(23)37-11-9-36(10-12-37)18-39-31(44)40(20-6-2-1-3-7-20)29(35-39)19-5-4-8-34-16-19/h1-8,13,15-17,24,27H,9-12,14,18H2,(H,42,43)/t24-,27+/m0/s1. The molecule has 7 rings (SSSR count). The number of aromatic nitrogens is 5. The smallest absolute Gasteiger partial charge is 0.341 e. The molecule has 1 aliphatic heterocycles. The van der Waals surface area contributed by atoms with Gasteiger partial charge < -0.3 is 14.6 Å². The summed E-state index contributed by atoms with van der Waals surface area (Å²) in [5, 5.41) is 14.3. The molecule has 5 aromatic rings. The number of aromatic carboxylic acids is 1. The lowest BCUT2D eigenvalue weighted by atomic mass is 10.1. The molecule has 0 radical (unpaired) electrons. The Morgan fingerprint density at radius 1 is 1.07 bits per heavy atom. The molecule has 3 aromatic heterocycles. The second-order valence-corrected chi connectivity index (χ2v) is 11.4. The van der Waals surface area contributed by atoms with Crippen molar-refractivity contribution in [2.45, 2.75) is 25.3 Å². The summed E-state index contributed by atoms with van der Waals surface area (Å²) in [6.45, 7) is 2.56. The Kier molecular flexibility index (Phi) is 7.05. The van der Waals surface area contributed by atoms with Crippen LogP contribution in [0.5, 0.6) is 0 Å². The van der Waals surface area contributed by atoms with Crippen LogP contribution in [0.15, 0.2) is 78.0 Å². The van der Waals surface area contributed by atoms with Gasteiger partial charge in [0.05, 0.1) is 23.9 Å². The van der Waals surface area contributed by atoms with Gasteiger partial charge in [0.15, 0.2) is 5.82 Å². The van der Waals surface area contributed by atoms with Gasteiger partial charge in [-0.15, -0.1) is 5.10 Å². The zero-order valence-corrected chi connectivity index (χ0v) is 24.2. The Morgan fingerprint density at radius 2 is 1.82 bits per heavy atom. The molecule has 1 saturated heterocycles. The van der Waals surface area contributed by atoms with Crippen molar-refractivity contribution < 1.29 is 18.7 Å². The number of rotatable bonds is 7. The highest BCUT2D eigenvalue weighted by atomic mass is 32.1. The third kappa shape index (κ3) is 4.97. The van der Waals surface area contributed by atoms with Crippen LogP contribution in [0.1, 0.15) is 22.8 Å². The van der Waals surface area contributed by atoms with Crippen LogP contribution >= 0.6 is 12.2 Å². The highest BCUT2D eigenvalue weighted by molar-refractivity contribution is 7.71. The number of piperazine rings is 1. The zero-order valence-electron chi connectivity index (χ0n) is 23.4. The Hall–Kier alpha value is -4.75. The average Bonchev–Trinajstić information content (AvgIpc) is 3.68. The van der Waals surface area contributed by atoms with Crippen LogP contribution in [0.4, 0.5) is 14.5 Å². The average molecular weight is 616 g/mol. The van der Waals surface area contributed by atoms with E-state index in [-0.39, 0.29) is 17.5 Å². The lowest BCUT2D eigenvalue weighted by Crippen LogP contribution is -2.47. The molecule has 2 aliphatic rings. The zero-order chi connectivity index (χ0) is 30.5. The number of anilines is 1. The summed E-state index contributed by atoms with van der Waals surface area (Å²) in [7, 11) is 0. The molecule has 2 aromatic carbocycles. The second-order valence-electron chi connectivity index (χ2n) is 11.0. The van der Waals surface area contributed by atoms with Gasteiger partial charge in [0, 0.05) is 67.8 Å². The van der Waals surface area contributed by atoms with Crippen LogP contribution in [0.2, 0.25) is 0 Å². The van der Waals surface area contributed by atoms with Crippen molar-refractivity contribution in [1.82, 2.24) is 28.8 Å². The van der Waals surface area contributed by atoms with Crippen LogP contribution in [-0.4, -0.2) is 72.2 Å². The van der Waals surface area contributed by atoms with Crippen LogP contribution in [-0.2, 0) is 6.67 Å². The van der Waals surface area contributed by atoms with Crippen molar-refractivity contribution in [1.29, 1.82) is 0 Å². The summed E-state index contributed by atoms with van der Waals surface area (Å²) < 4.78 is 35.2. The molecule has 1 aliphatic carbocycles. The molecule has 10 nitrogen and oxygen atoms in total. The van der Waals surface area contributed by atoms with E-state index in [2.05, 4.69) is 9.88 Å². The first kappa shape index (κ1) is 28.0. The maximum atomic E-state index is 15.4. The number of para-hydroxylation sites is 1. The minimum atomic E-state index is -1.43. The fourth-order valence-electron chi connectivity index (χ4n) is 5.78. The molecular weight excluding hydrogens is 588 g/mol. The van der Waals surface area contributed by atoms with E-state index in [1.54, 1.807) is 17.1 Å². The van der Waals surface area contributed by atoms with Gasteiger partial charge in [-0.05, 0) is 48.6 Å². The quantitative estimate of drug-likeness (QED) is 0.264. The number of alkyl halides is 1. The molecule has 2 fully saturated rings. The number of carboxylic acids is 1. The van der Waals surface area contributed by atoms with E-state index in [9.17, 15) is 19.1 Å². The van der Waals surface area contributed by atoms with Crippen molar-refractivity contribution in [3.05, 3.63) is 99.6 Å². The number of fused-ring (bicyclic) bond motifs is 1. The molecule has 1 saturated carbocycles. The van der Waals surface area contributed by atoms with Gasteiger partial charge >= 0.3 is 5.97 Å². The molecule has 1 N–H and O–H groups in total. The first-order valence-corrected chi connectivity index (χ1v) is 14.6. The maximum Gasteiger partial charge on any atom is 0.341 e. The van der Waals surface area contributed by atoms with E-state index >= 15 is 4.39 Å². The van der Waals surface area contributed by atoms with Gasteiger partial charge in [-0.3, -0.25) is 19.2 Å². The highest BCUT2D eigenvalue weighted by Crippen LogP contribution is 2.41. The fraction of sp³-hybridized carbons (Fsp3) is 0.258. The normalized spacial score (nSPS) is 18.5. The number of nitrogens with zero attached hydrogens (tertiary/aromatic N) is 7. The van der Waals surface area contributed by atoms with Crippen LogP contribution in [0, 0.1) is 10.6 Å². The van der Waals surface area contributed by atoms with E-state index < -0.39 is 35.0 Å². The summed E-state index contributed by atoms with van der Waals surface area (Å²) in [4.78, 5) is 32.8. The third-order valence-corrected chi connectivity index (χ3v) is 8.58. The van der Waals surface area contributed by atoms with Crippen molar-refractivity contribution in [3.8, 4) is 17.1 Å². The summed E-state index contributed by atoms with van der Waals surface area (Å²) in [5.41, 5.74) is 1.04. The number of hydrogen-bond acceptors (Lipinski definition) is 7. The Labute approximate surface area is 255 Å². The van der Waals surface area contributed by atoms with Gasteiger partial charge in [-0.2, -0.15) is 0 Å². The first-order chi connectivity index (χ1) is 21.3. The van der Waals surface area contributed by atoms with Crippen molar-refractivity contribution in [2.75, 3.05) is 31.1 Å². The van der Waals surface area contributed by atoms with Crippen molar-refractivity contribution in [2.24, 2.45) is 0 Å². The van der Waals surface area contributed by atoms with Gasteiger partial charge in [0.2, 0.25) is 10.2 Å². The summed E-state index contributed by atoms with van der Waals surface area (Å²) in [6.07, 6.45) is 3.70. The number of carbonyl (C=O) groups is 1. The molecule has 2 atom stereocenters.